The van der Waals surface area contributed by atoms with Gasteiger partial charge in [-0.15, -0.1) is 0 Å². The van der Waals surface area contributed by atoms with Crippen LogP contribution in [0.1, 0.15) is 12.8 Å². The van der Waals surface area contributed by atoms with Gasteiger partial charge in [-0.3, -0.25) is 0 Å². The molecule has 4 rings (SSSR count). The maximum atomic E-state index is 14.2. The number of nitrogens with two attached hydrogens (primary N) is 1. The second kappa shape index (κ2) is 6.13. The van der Waals surface area contributed by atoms with Gasteiger partial charge in [0.15, 0.2) is 5.82 Å². The molecule has 0 bridgehead atoms. The molecule has 3 heterocycles. The van der Waals surface area contributed by atoms with Gasteiger partial charge in [0.05, 0.1) is 16.7 Å². The highest BCUT2D eigenvalue weighted by atomic mass is 32.2. The summed E-state index contributed by atoms with van der Waals surface area (Å²) >= 11 is 0. The topological polar surface area (TPSA) is 105 Å². The minimum Gasteiger partial charge on any atom is -0.355 e. The zero-order chi connectivity index (χ0) is 18.5. The highest BCUT2D eigenvalue weighted by Crippen LogP contribution is 2.33. The number of nitrogens with zero attached hydrogens (tertiary/aromatic N) is 3. The Morgan fingerprint density at radius 3 is 2.65 bits per heavy atom. The lowest BCUT2D eigenvalue weighted by molar-refractivity contribution is 0.434. The monoisotopic (exact) mass is 381 g/mol. The van der Waals surface area contributed by atoms with Crippen LogP contribution in [0.4, 0.5) is 14.6 Å². The number of rotatable bonds is 3. The summed E-state index contributed by atoms with van der Waals surface area (Å²) in [7, 11) is -3.49. The second-order valence-electron chi connectivity index (χ2n) is 6.62. The van der Waals surface area contributed by atoms with Crippen LogP contribution in [0.15, 0.2) is 18.5 Å². The maximum absolute atomic E-state index is 14.2. The van der Waals surface area contributed by atoms with Crippen LogP contribution in [0.5, 0.6) is 0 Å². The first-order chi connectivity index (χ1) is 12.3. The van der Waals surface area contributed by atoms with E-state index < -0.39 is 21.7 Å². The smallest absolute Gasteiger partial charge is 0.209 e. The van der Waals surface area contributed by atoms with Crippen molar-refractivity contribution in [3.63, 3.8) is 0 Å². The molecule has 0 unspecified atom stereocenters. The lowest BCUT2D eigenvalue weighted by Gasteiger charge is -2.32. The molecule has 0 spiro atoms. The molecular weight excluding hydrogens is 364 g/mol. The third kappa shape index (κ3) is 3.10. The lowest BCUT2D eigenvalue weighted by Crippen LogP contribution is -2.37. The van der Waals surface area contributed by atoms with Gasteiger partial charge in [0, 0.05) is 19.2 Å². The first-order valence-electron chi connectivity index (χ1n) is 8.18. The van der Waals surface area contributed by atoms with Crippen molar-refractivity contribution in [2.24, 2.45) is 11.1 Å². The Balaban J connectivity index is 1.69. The Morgan fingerprint density at radius 2 is 1.96 bits per heavy atom. The zero-order valence-corrected chi connectivity index (χ0v) is 14.6. The van der Waals surface area contributed by atoms with Gasteiger partial charge in [-0.05, 0) is 24.8 Å². The van der Waals surface area contributed by atoms with E-state index >= 15 is 0 Å². The van der Waals surface area contributed by atoms with Gasteiger partial charge in [-0.25, -0.2) is 32.3 Å². The van der Waals surface area contributed by atoms with Gasteiger partial charge in [0.25, 0.3) is 0 Å². The highest BCUT2D eigenvalue weighted by Gasteiger charge is 2.25. The largest absolute Gasteiger partial charge is 0.355 e. The molecule has 0 saturated carbocycles. The Labute approximate surface area is 148 Å². The van der Waals surface area contributed by atoms with Crippen LogP contribution in [0, 0.1) is 17.6 Å². The number of aromatic nitrogens is 3. The fourth-order valence-corrected chi connectivity index (χ4v) is 4.60. The molecule has 138 valence electrons. The fraction of sp³-hybridized carbons (Fsp3) is 0.375. The molecule has 3 N–H and O–H groups in total. The summed E-state index contributed by atoms with van der Waals surface area (Å²) in [5, 5.41) is 5.35. The molecule has 0 aliphatic carbocycles. The van der Waals surface area contributed by atoms with Crippen molar-refractivity contribution in [3.05, 3.63) is 30.1 Å². The fourth-order valence-electron chi connectivity index (χ4n) is 3.61. The van der Waals surface area contributed by atoms with E-state index in [0.717, 1.165) is 6.07 Å². The van der Waals surface area contributed by atoms with E-state index in [1.807, 2.05) is 4.90 Å². The molecule has 0 amide bonds. The number of H-pyrrole nitrogens is 1. The number of benzene rings is 1. The van der Waals surface area contributed by atoms with Crippen LogP contribution in [0.3, 0.4) is 0 Å². The molecular formula is C16H17F2N5O2S. The third-order valence-electron chi connectivity index (χ3n) is 4.76. The number of sulfonamides is 1. The van der Waals surface area contributed by atoms with Gasteiger partial charge >= 0.3 is 0 Å². The molecule has 1 saturated heterocycles. The van der Waals surface area contributed by atoms with Crippen molar-refractivity contribution >= 4 is 37.8 Å². The summed E-state index contributed by atoms with van der Waals surface area (Å²) in [6.07, 6.45) is 2.67. The zero-order valence-electron chi connectivity index (χ0n) is 13.7. The van der Waals surface area contributed by atoms with E-state index in [1.54, 1.807) is 0 Å². The van der Waals surface area contributed by atoms with Crippen molar-refractivity contribution in [2.45, 2.75) is 12.8 Å². The number of nitrogens with one attached hydrogen (secondary N) is 1. The van der Waals surface area contributed by atoms with E-state index in [1.165, 1.54) is 12.4 Å². The number of fused-ring (bicyclic) bond motifs is 3. The maximum Gasteiger partial charge on any atom is 0.209 e. The Morgan fingerprint density at radius 1 is 1.23 bits per heavy atom. The summed E-state index contributed by atoms with van der Waals surface area (Å²) < 4.78 is 50.2. The summed E-state index contributed by atoms with van der Waals surface area (Å²) in [6.45, 7) is 1.19. The predicted molar refractivity (Wildman–Crippen MR) is 94.2 cm³/mol. The molecule has 7 nitrogen and oxygen atoms in total. The Bertz CT molecular complexity index is 1090. The molecule has 26 heavy (non-hydrogen) atoms. The molecule has 0 radical (unpaired) electrons. The molecule has 1 aromatic carbocycles. The van der Waals surface area contributed by atoms with Gasteiger partial charge < -0.3 is 9.88 Å². The summed E-state index contributed by atoms with van der Waals surface area (Å²) in [4.78, 5) is 13.5. The highest BCUT2D eigenvalue weighted by molar-refractivity contribution is 7.89. The molecule has 0 atom stereocenters. The van der Waals surface area contributed by atoms with Crippen LogP contribution in [-0.2, 0) is 10.0 Å². The van der Waals surface area contributed by atoms with E-state index in [0.29, 0.717) is 48.3 Å². The van der Waals surface area contributed by atoms with Gasteiger partial charge in [0.1, 0.15) is 29.0 Å². The minimum absolute atomic E-state index is 0.00725. The molecule has 1 aliphatic rings. The second-order valence-corrected chi connectivity index (χ2v) is 8.28. The average molecular weight is 381 g/mol. The number of hydrogen-bond donors (Lipinski definition) is 2. The SMILES string of the molecule is NS(=O)(=O)CC1CCN(c2ncnc3c2[nH]c2cc(F)cc(F)c23)CC1. The van der Waals surface area contributed by atoms with E-state index in [2.05, 4.69) is 15.0 Å². The third-order valence-corrected chi connectivity index (χ3v) is 5.70. The minimum atomic E-state index is -3.49. The molecule has 10 heteroatoms. The number of hydrogen-bond acceptors (Lipinski definition) is 5. The summed E-state index contributed by atoms with van der Waals surface area (Å²) in [5.41, 5.74) is 1.26. The number of primary sulfonamides is 1. The Hall–Kier alpha value is -2.33. The number of piperidine rings is 1. The van der Waals surface area contributed by atoms with Crippen LogP contribution in [-0.4, -0.2) is 42.2 Å². The first-order valence-corrected chi connectivity index (χ1v) is 9.90. The van der Waals surface area contributed by atoms with Crippen LogP contribution in [0.2, 0.25) is 0 Å². The molecule has 1 aliphatic heterocycles. The van der Waals surface area contributed by atoms with Crippen molar-refractivity contribution in [1.82, 2.24) is 15.0 Å². The molecule has 2 aromatic heterocycles. The molecule has 1 fully saturated rings. The summed E-state index contributed by atoms with van der Waals surface area (Å²) in [6, 6.07) is 2.05. The predicted octanol–water partition coefficient (Wildman–Crippen LogP) is 1.89. The van der Waals surface area contributed by atoms with Crippen molar-refractivity contribution in [2.75, 3.05) is 23.7 Å². The van der Waals surface area contributed by atoms with E-state index in [4.69, 9.17) is 5.14 Å². The van der Waals surface area contributed by atoms with Crippen LogP contribution >= 0.6 is 0 Å². The van der Waals surface area contributed by atoms with E-state index in [-0.39, 0.29) is 17.1 Å². The summed E-state index contributed by atoms with van der Waals surface area (Å²) in [5.74, 6) is -0.771. The average Bonchev–Trinajstić information content (AvgIpc) is 2.92. The van der Waals surface area contributed by atoms with Crippen molar-refractivity contribution < 1.29 is 17.2 Å². The van der Waals surface area contributed by atoms with E-state index in [9.17, 15) is 17.2 Å². The number of anilines is 1. The molecule has 3 aromatic rings. The van der Waals surface area contributed by atoms with Crippen LogP contribution < -0.4 is 10.0 Å². The van der Waals surface area contributed by atoms with Crippen molar-refractivity contribution in [1.29, 1.82) is 0 Å². The van der Waals surface area contributed by atoms with Crippen LogP contribution in [0.25, 0.3) is 21.9 Å². The van der Waals surface area contributed by atoms with Gasteiger partial charge in [0.2, 0.25) is 10.0 Å². The van der Waals surface area contributed by atoms with Gasteiger partial charge in [-0.1, -0.05) is 0 Å². The lowest BCUT2D eigenvalue weighted by atomic mass is 9.99. The first kappa shape index (κ1) is 17.1. The normalized spacial score (nSPS) is 16.7. The number of halogens is 2. The van der Waals surface area contributed by atoms with Crippen molar-refractivity contribution in [3.8, 4) is 0 Å². The number of aromatic amines is 1. The Kier molecular flexibility index (Phi) is 4.03. The standard InChI is InChI=1S/C16H17F2N5O2S/c17-10-5-11(18)13-12(6-10)22-15-14(13)20-8-21-16(15)23-3-1-9(2-4-23)7-26(19,24)25/h5-6,8-9,22H,1-4,7H2,(H2,19,24,25). The quantitative estimate of drug-likeness (QED) is 0.721. The van der Waals surface area contributed by atoms with Gasteiger partial charge in [-0.2, -0.15) is 0 Å².